The Morgan fingerprint density at radius 2 is 2.25 bits per heavy atom. The van der Waals surface area contributed by atoms with Gasteiger partial charge in [0.15, 0.2) is 0 Å². The van der Waals surface area contributed by atoms with E-state index in [1.165, 1.54) is 0 Å². The van der Waals surface area contributed by atoms with Crippen LogP contribution in [0.15, 0.2) is 24.3 Å². The summed E-state index contributed by atoms with van der Waals surface area (Å²) in [6, 6.07) is 7.20. The maximum atomic E-state index is 11.4. The van der Waals surface area contributed by atoms with Crippen LogP contribution in [0.1, 0.15) is 12.5 Å². The second-order valence-electron chi connectivity index (χ2n) is 3.65. The smallest absolute Gasteiger partial charge is 0.310 e. The number of esters is 1. The molecule has 1 unspecified atom stereocenters. The number of nitrogens with two attached hydrogens (primary N) is 1. The van der Waals surface area contributed by atoms with E-state index in [4.69, 9.17) is 15.2 Å². The summed E-state index contributed by atoms with van der Waals surface area (Å²) in [7, 11) is 1.58. The number of nitrogen functional groups attached to an aromatic ring is 1. The predicted octanol–water partition coefficient (Wildman–Crippen LogP) is 1.39. The first-order valence-corrected chi connectivity index (χ1v) is 5.14. The number of hydrogen-bond acceptors (Lipinski definition) is 4. The van der Waals surface area contributed by atoms with Crippen molar-refractivity contribution in [2.24, 2.45) is 0 Å². The minimum absolute atomic E-state index is 0.0789. The third-order valence-corrected chi connectivity index (χ3v) is 2.18. The fourth-order valence-corrected chi connectivity index (χ4v) is 1.20. The van der Waals surface area contributed by atoms with Crippen LogP contribution in [0.2, 0.25) is 0 Å². The third-order valence-electron chi connectivity index (χ3n) is 2.18. The SMILES string of the molecule is COC(C)COC(=O)Cc1cccc(N)c1. The number of carbonyl (C=O) groups excluding carboxylic acids is 1. The molecule has 0 aliphatic rings. The molecule has 4 nitrogen and oxygen atoms in total. The van der Waals surface area contributed by atoms with E-state index in [-0.39, 0.29) is 25.1 Å². The number of methoxy groups -OCH3 is 1. The van der Waals surface area contributed by atoms with Gasteiger partial charge in [-0.05, 0) is 24.6 Å². The Morgan fingerprint density at radius 3 is 2.88 bits per heavy atom. The minimum atomic E-state index is -0.269. The Balaban J connectivity index is 2.40. The van der Waals surface area contributed by atoms with Gasteiger partial charge in [-0.15, -0.1) is 0 Å². The number of anilines is 1. The van der Waals surface area contributed by atoms with Gasteiger partial charge in [0.05, 0.1) is 12.5 Å². The average molecular weight is 223 g/mol. The van der Waals surface area contributed by atoms with Crippen LogP contribution in [-0.4, -0.2) is 25.8 Å². The third kappa shape index (κ3) is 4.31. The summed E-state index contributed by atoms with van der Waals surface area (Å²) in [6.07, 6.45) is 0.159. The molecule has 0 aliphatic carbocycles. The van der Waals surface area contributed by atoms with Gasteiger partial charge in [0, 0.05) is 12.8 Å². The van der Waals surface area contributed by atoms with Crippen LogP contribution in [0.25, 0.3) is 0 Å². The first-order valence-electron chi connectivity index (χ1n) is 5.14. The van der Waals surface area contributed by atoms with Crippen molar-refractivity contribution in [2.75, 3.05) is 19.5 Å². The van der Waals surface area contributed by atoms with E-state index in [9.17, 15) is 4.79 Å². The molecule has 0 radical (unpaired) electrons. The molecule has 0 spiro atoms. The van der Waals surface area contributed by atoms with E-state index in [0.717, 1.165) is 5.56 Å². The van der Waals surface area contributed by atoms with E-state index in [0.29, 0.717) is 5.69 Å². The fraction of sp³-hybridized carbons (Fsp3) is 0.417. The molecule has 4 heteroatoms. The van der Waals surface area contributed by atoms with Crippen LogP contribution in [0.3, 0.4) is 0 Å². The number of carbonyl (C=O) groups is 1. The molecule has 1 rings (SSSR count). The number of hydrogen-bond donors (Lipinski definition) is 1. The number of ether oxygens (including phenoxy) is 2. The molecule has 1 aromatic rings. The maximum absolute atomic E-state index is 11.4. The van der Waals surface area contributed by atoms with E-state index < -0.39 is 0 Å². The van der Waals surface area contributed by atoms with Crippen molar-refractivity contribution >= 4 is 11.7 Å². The quantitative estimate of drug-likeness (QED) is 0.605. The van der Waals surface area contributed by atoms with Gasteiger partial charge in [0.2, 0.25) is 0 Å². The van der Waals surface area contributed by atoms with E-state index >= 15 is 0 Å². The first-order chi connectivity index (χ1) is 7.61. The van der Waals surface area contributed by atoms with Crippen molar-refractivity contribution in [1.29, 1.82) is 0 Å². The highest BCUT2D eigenvalue weighted by Gasteiger charge is 2.07. The zero-order valence-corrected chi connectivity index (χ0v) is 9.60. The molecule has 16 heavy (non-hydrogen) atoms. The lowest BCUT2D eigenvalue weighted by Crippen LogP contribution is -2.18. The van der Waals surface area contributed by atoms with Crippen LogP contribution in [0.5, 0.6) is 0 Å². The topological polar surface area (TPSA) is 61.5 Å². The second-order valence-corrected chi connectivity index (χ2v) is 3.65. The first kappa shape index (κ1) is 12.5. The molecule has 0 amide bonds. The van der Waals surface area contributed by atoms with Crippen molar-refractivity contribution in [1.82, 2.24) is 0 Å². The Bertz CT molecular complexity index is 352. The summed E-state index contributed by atoms with van der Waals surface area (Å²) in [5.41, 5.74) is 7.11. The Kier molecular flexibility index (Phi) is 4.79. The Hall–Kier alpha value is -1.55. The Labute approximate surface area is 95.3 Å². The summed E-state index contributed by atoms with van der Waals surface area (Å²) in [6.45, 7) is 2.12. The summed E-state index contributed by atoms with van der Waals surface area (Å²) in [4.78, 5) is 11.4. The van der Waals surface area contributed by atoms with E-state index in [1.807, 2.05) is 19.1 Å². The van der Waals surface area contributed by atoms with Crippen molar-refractivity contribution in [3.05, 3.63) is 29.8 Å². The molecule has 0 aliphatic heterocycles. The van der Waals surface area contributed by atoms with Crippen molar-refractivity contribution < 1.29 is 14.3 Å². The highest BCUT2D eigenvalue weighted by molar-refractivity contribution is 5.73. The fourth-order valence-electron chi connectivity index (χ4n) is 1.20. The van der Waals surface area contributed by atoms with Crippen LogP contribution in [-0.2, 0) is 20.7 Å². The highest BCUT2D eigenvalue weighted by atomic mass is 16.6. The molecular formula is C12H17NO3. The molecule has 0 heterocycles. The van der Waals surface area contributed by atoms with Gasteiger partial charge >= 0.3 is 5.97 Å². The molecule has 0 aromatic heterocycles. The zero-order chi connectivity index (χ0) is 12.0. The maximum Gasteiger partial charge on any atom is 0.310 e. The van der Waals surface area contributed by atoms with Crippen molar-refractivity contribution in [3.8, 4) is 0 Å². The summed E-state index contributed by atoms with van der Waals surface area (Å²) in [5, 5.41) is 0. The monoisotopic (exact) mass is 223 g/mol. The van der Waals surface area contributed by atoms with Crippen LogP contribution >= 0.6 is 0 Å². The van der Waals surface area contributed by atoms with Gasteiger partial charge in [-0.2, -0.15) is 0 Å². The summed E-state index contributed by atoms with van der Waals surface area (Å²) >= 11 is 0. The van der Waals surface area contributed by atoms with Gasteiger partial charge in [0.1, 0.15) is 6.61 Å². The lowest BCUT2D eigenvalue weighted by Gasteiger charge is -2.10. The Morgan fingerprint density at radius 1 is 1.50 bits per heavy atom. The van der Waals surface area contributed by atoms with Gasteiger partial charge < -0.3 is 15.2 Å². The standard InChI is InChI=1S/C12H17NO3/c1-9(15-2)8-16-12(14)7-10-4-3-5-11(13)6-10/h3-6,9H,7-8,13H2,1-2H3. The molecule has 0 saturated carbocycles. The van der Waals surface area contributed by atoms with Crippen molar-refractivity contribution in [2.45, 2.75) is 19.4 Å². The lowest BCUT2D eigenvalue weighted by atomic mass is 10.1. The molecule has 0 saturated heterocycles. The molecule has 2 N–H and O–H groups in total. The predicted molar refractivity (Wildman–Crippen MR) is 62.0 cm³/mol. The van der Waals surface area contributed by atoms with Crippen LogP contribution in [0, 0.1) is 0 Å². The molecule has 1 aromatic carbocycles. The second kappa shape index (κ2) is 6.12. The highest BCUT2D eigenvalue weighted by Crippen LogP contribution is 2.07. The van der Waals surface area contributed by atoms with Crippen LogP contribution in [0.4, 0.5) is 5.69 Å². The summed E-state index contributed by atoms with van der Waals surface area (Å²) < 4.78 is 10.0. The zero-order valence-electron chi connectivity index (χ0n) is 9.60. The lowest BCUT2D eigenvalue weighted by molar-refractivity contribution is -0.146. The average Bonchev–Trinajstić information content (AvgIpc) is 2.26. The van der Waals surface area contributed by atoms with E-state index in [1.54, 1.807) is 19.2 Å². The van der Waals surface area contributed by atoms with Crippen molar-refractivity contribution in [3.63, 3.8) is 0 Å². The molecule has 0 fully saturated rings. The van der Waals surface area contributed by atoms with E-state index in [2.05, 4.69) is 0 Å². The van der Waals surface area contributed by atoms with Gasteiger partial charge in [-0.25, -0.2) is 0 Å². The number of benzene rings is 1. The molecule has 1 atom stereocenters. The normalized spacial score (nSPS) is 12.1. The summed E-state index contributed by atoms with van der Waals surface area (Å²) in [5.74, 6) is -0.269. The molecule has 0 bridgehead atoms. The minimum Gasteiger partial charge on any atom is -0.463 e. The van der Waals surface area contributed by atoms with Gasteiger partial charge in [-0.1, -0.05) is 12.1 Å². The largest absolute Gasteiger partial charge is 0.463 e. The van der Waals surface area contributed by atoms with Gasteiger partial charge in [-0.3, -0.25) is 4.79 Å². The van der Waals surface area contributed by atoms with Crippen LogP contribution < -0.4 is 5.73 Å². The molecular weight excluding hydrogens is 206 g/mol. The molecule has 88 valence electrons. The number of rotatable bonds is 5. The van der Waals surface area contributed by atoms with Gasteiger partial charge in [0.25, 0.3) is 0 Å².